The molecule has 4 heteroatoms. The molecule has 106 valence electrons. The maximum absolute atomic E-state index is 13.2. The number of nitrogens with one attached hydrogen (secondary N) is 1. The molecule has 2 heterocycles. The zero-order valence-corrected chi connectivity index (χ0v) is 10.9. The molecule has 0 radical (unpaired) electrons. The number of hydrogen-bond donors (Lipinski definition) is 1. The third-order valence-electron chi connectivity index (χ3n) is 3.33. The van der Waals surface area contributed by atoms with Crippen LogP contribution in [0.2, 0.25) is 0 Å². The molecule has 0 aliphatic heterocycles. The Morgan fingerprint density at radius 1 is 1.35 bits per heavy atom. The maximum Gasteiger partial charge on any atom is 0.125 e. The van der Waals surface area contributed by atoms with Gasteiger partial charge in [0.1, 0.15) is 5.82 Å². The van der Waals surface area contributed by atoms with Gasteiger partial charge < -0.3 is 4.98 Å². The number of halogens is 1. The van der Waals surface area contributed by atoms with Crippen LogP contribution in [0.3, 0.4) is 0 Å². The van der Waals surface area contributed by atoms with Gasteiger partial charge in [-0.3, -0.25) is 4.68 Å². The van der Waals surface area contributed by atoms with E-state index >= 15 is 0 Å². The molecule has 0 aliphatic rings. The minimum atomic E-state index is -0.223. The molecule has 3 rings (SSSR count). The standard InChI is InChI=1S/C15H16FN3.CH4/c1-2-3-6-19-10-11(8-18-19)14-9-17-15-7-12(16)4-5-13(14)15;/h4-5,7-10,17H,2-3,6H2,1H3;1H4. The fourth-order valence-corrected chi connectivity index (χ4v) is 2.28. The second-order valence-electron chi connectivity index (χ2n) is 4.74. The minimum absolute atomic E-state index is 0. The normalized spacial score (nSPS) is 10.7. The van der Waals surface area contributed by atoms with Crippen LogP contribution in [0.15, 0.2) is 36.8 Å². The van der Waals surface area contributed by atoms with Crippen LogP contribution in [0.5, 0.6) is 0 Å². The Morgan fingerprint density at radius 3 is 3.00 bits per heavy atom. The number of benzene rings is 1. The molecule has 1 aromatic carbocycles. The second-order valence-corrected chi connectivity index (χ2v) is 4.74. The van der Waals surface area contributed by atoms with Gasteiger partial charge in [-0.1, -0.05) is 20.8 Å². The first-order valence-corrected chi connectivity index (χ1v) is 6.57. The molecular weight excluding hydrogens is 253 g/mol. The van der Waals surface area contributed by atoms with Crippen molar-refractivity contribution in [1.29, 1.82) is 0 Å². The van der Waals surface area contributed by atoms with Crippen LogP contribution in [-0.4, -0.2) is 14.8 Å². The van der Waals surface area contributed by atoms with Gasteiger partial charge in [-0.25, -0.2) is 4.39 Å². The maximum atomic E-state index is 13.2. The van der Waals surface area contributed by atoms with Gasteiger partial charge in [0, 0.05) is 41.0 Å². The van der Waals surface area contributed by atoms with E-state index in [-0.39, 0.29) is 13.2 Å². The first kappa shape index (κ1) is 14.3. The van der Waals surface area contributed by atoms with Crippen molar-refractivity contribution < 1.29 is 4.39 Å². The topological polar surface area (TPSA) is 33.6 Å². The van der Waals surface area contributed by atoms with Crippen LogP contribution >= 0.6 is 0 Å². The highest BCUT2D eigenvalue weighted by molar-refractivity contribution is 5.95. The van der Waals surface area contributed by atoms with Gasteiger partial charge in [0.2, 0.25) is 0 Å². The molecule has 0 bridgehead atoms. The van der Waals surface area contributed by atoms with Gasteiger partial charge in [0.15, 0.2) is 0 Å². The van der Waals surface area contributed by atoms with Crippen molar-refractivity contribution in [2.75, 3.05) is 0 Å². The van der Waals surface area contributed by atoms with E-state index in [1.165, 1.54) is 12.1 Å². The largest absolute Gasteiger partial charge is 0.360 e. The first-order chi connectivity index (χ1) is 9.28. The zero-order chi connectivity index (χ0) is 13.2. The Hall–Kier alpha value is -2.10. The van der Waals surface area contributed by atoms with Gasteiger partial charge in [-0.15, -0.1) is 0 Å². The lowest BCUT2D eigenvalue weighted by atomic mass is 10.1. The summed E-state index contributed by atoms with van der Waals surface area (Å²) in [5, 5.41) is 5.39. The molecular formula is C16H20FN3. The van der Waals surface area contributed by atoms with E-state index < -0.39 is 0 Å². The predicted molar refractivity (Wildman–Crippen MR) is 81.1 cm³/mol. The summed E-state index contributed by atoms with van der Waals surface area (Å²) in [6.07, 6.45) is 8.09. The molecule has 1 N–H and O–H groups in total. The number of unbranched alkanes of at least 4 members (excludes halogenated alkanes) is 1. The Kier molecular flexibility index (Phi) is 4.23. The molecule has 0 unspecified atom stereocenters. The molecule has 0 saturated heterocycles. The average molecular weight is 273 g/mol. The number of H-pyrrole nitrogens is 1. The SMILES string of the molecule is C.CCCCn1cc(-c2c[nH]c3cc(F)ccc23)cn1. The Bertz CT molecular complexity index is 697. The molecule has 0 amide bonds. The zero-order valence-electron chi connectivity index (χ0n) is 10.9. The second kappa shape index (κ2) is 5.90. The van der Waals surface area contributed by atoms with Crippen molar-refractivity contribution in [2.24, 2.45) is 0 Å². The lowest BCUT2D eigenvalue weighted by Gasteiger charge is -1.98. The quantitative estimate of drug-likeness (QED) is 0.740. The highest BCUT2D eigenvalue weighted by Crippen LogP contribution is 2.28. The van der Waals surface area contributed by atoms with Crippen molar-refractivity contribution in [2.45, 2.75) is 33.7 Å². The van der Waals surface area contributed by atoms with E-state index in [2.05, 4.69) is 17.0 Å². The Labute approximate surface area is 118 Å². The summed E-state index contributed by atoms with van der Waals surface area (Å²) in [6.45, 7) is 3.10. The number of hydrogen-bond acceptors (Lipinski definition) is 1. The van der Waals surface area contributed by atoms with Crippen LogP contribution in [0.4, 0.5) is 4.39 Å². The van der Waals surface area contributed by atoms with Gasteiger partial charge in [-0.05, 0) is 24.6 Å². The molecule has 20 heavy (non-hydrogen) atoms. The molecule has 0 saturated carbocycles. The lowest BCUT2D eigenvalue weighted by Crippen LogP contribution is -1.96. The minimum Gasteiger partial charge on any atom is -0.360 e. The van der Waals surface area contributed by atoms with Crippen LogP contribution in [0.25, 0.3) is 22.0 Å². The molecule has 3 aromatic rings. The van der Waals surface area contributed by atoms with E-state index in [1.54, 1.807) is 6.07 Å². The summed E-state index contributed by atoms with van der Waals surface area (Å²) in [7, 11) is 0. The van der Waals surface area contributed by atoms with Gasteiger partial charge >= 0.3 is 0 Å². The summed E-state index contributed by atoms with van der Waals surface area (Å²) >= 11 is 0. The van der Waals surface area contributed by atoms with Gasteiger partial charge in [0.25, 0.3) is 0 Å². The van der Waals surface area contributed by atoms with Crippen molar-refractivity contribution >= 4 is 10.9 Å². The summed E-state index contributed by atoms with van der Waals surface area (Å²) < 4.78 is 15.1. The third kappa shape index (κ3) is 2.59. The van der Waals surface area contributed by atoms with Crippen molar-refractivity contribution in [3.8, 4) is 11.1 Å². The van der Waals surface area contributed by atoms with E-state index in [1.807, 2.05) is 23.3 Å². The fourth-order valence-electron chi connectivity index (χ4n) is 2.28. The highest BCUT2D eigenvalue weighted by Gasteiger charge is 2.08. The van der Waals surface area contributed by atoms with E-state index in [9.17, 15) is 4.39 Å². The van der Waals surface area contributed by atoms with Gasteiger partial charge in [-0.2, -0.15) is 5.10 Å². The third-order valence-corrected chi connectivity index (χ3v) is 3.33. The van der Waals surface area contributed by atoms with E-state index in [0.717, 1.165) is 41.4 Å². The molecule has 3 nitrogen and oxygen atoms in total. The Morgan fingerprint density at radius 2 is 2.20 bits per heavy atom. The van der Waals surface area contributed by atoms with Crippen molar-refractivity contribution in [3.05, 3.63) is 42.6 Å². The summed E-state index contributed by atoms with van der Waals surface area (Å²) in [5.74, 6) is -0.223. The van der Waals surface area contributed by atoms with E-state index in [4.69, 9.17) is 0 Å². The van der Waals surface area contributed by atoms with Crippen LogP contribution in [0, 0.1) is 5.82 Å². The predicted octanol–water partition coefficient (Wildman–Crippen LogP) is 4.61. The number of rotatable bonds is 4. The summed E-state index contributed by atoms with van der Waals surface area (Å²) in [5.41, 5.74) is 2.95. The van der Waals surface area contributed by atoms with Crippen molar-refractivity contribution in [1.82, 2.24) is 14.8 Å². The highest BCUT2D eigenvalue weighted by atomic mass is 19.1. The Balaban J connectivity index is 0.00000147. The van der Waals surface area contributed by atoms with Crippen LogP contribution in [0.1, 0.15) is 27.2 Å². The number of aryl methyl sites for hydroxylation is 1. The molecule has 0 atom stereocenters. The van der Waals surface area contributed by atoms with Gasteiger partial charge in [0.05, 0.1) is 6.20 Å². The van der Waals surface area contributed by atoms with Crippen molar-refractivity contribution in [3.63, 3.8) is 0 Å². The molecule has 2 aromatic heterocycles. The smallest absolute Gasteiger partial charge is 0.125 e. The number of aromatic amines is 1. The molecule has 0 spiro atoms. The van der Waals surface area contributed by atoms with Crippen LogP contribution < -0.4 is 0 Å². The number of aromatic nitrogens is 3. The first-order valence-electron chi connectivity index (χ1n) is 6.57. The van der Waals surface area contributed by atoms with E-state index in [0.29, 0.717) is 0 Å². The van der Waals surface area contributed by atoms with Crippen LogP contribution in [-0.2, 0) is 6.54 Å². The average Bonchev–Trinajstić information content (AvgIpc) is 3.01. The molecule has 0 fully saturated rings. The number of nitrogens with zero attached hydrogens (tertiary/aromatic N) is 2. The lowest BCUT2D eigenvalue weighted by molar-refractivity contribution is 0.572. The molecule has 0 aliphatic carbocycles. The summed E-state index contributed by atoms with van der Waals surface area (Å²) in [6, 6.07) is 4.81. The fraction of sp³-hybridized carbons (Fsp3) is 0.312. The number of fused-ring (bicyclic) bond motifs is 1. The summed E-state index contributed by atoms with van der Waals surface area (Å²) in [4.78, 5) is 3.10. The monoisotopic (exact) mass is 273 g/mol.